The molecule has 0 radical (unpaired) electrons. The lowest BCUT2D eigenvalue weighted by Crippen LogP contribution is -2.16. The topological polar surface area (TPSA) is 41.9 Å². The highest BCUT2D eigenvalue weighted by molar-refractivity contribution is 8.07. The van der Waals surface area contributed by atoms with E-state index in [1.54, 1.807) is 11.8 Å². The minimum atomic E-state index is 0.0719. The Bertz CT molecular complexity index is 853. The molecule has 0 bridgehead atoms. The van der Waals surface area contributed by atoms with Gasteiger partial charge >= 0.3 is 0 Å². The van der Waals surface area contributed by atoms with E-state index in [0.29, 0.717) is 13.2 Å². The lowest BCUT2D eigenvalue weighted by molar-refractivity contribution is 0.128. The number of nitrogens with zero attached hydrogens (tertiary/aromatic N) is 1. The van der Waals surface area contributed by atoms with Crippen molar-refractivity contribution in [3.63, 3.8) is 0 Å². The van der Waals surface area contributed by atoms with Gasteiger partial charge in [0.2, 0.25) is 0 Å². The highest BCUT2D eigenvalue weighted by atomic mass is 32.2. The molecule has 2 aliphatic carbocycles. The van der Waals surface area contributed by atoms with E-state index < -0.39 is 0 Å². The molecular formula is C22H25NO3S. The first-order chi connectivity index (χ1) is 13.2. The van der Waals surface area contributed by atoms with Crippen LogP contribution in [-0.2, 0) is 9.47 Å². The molecule has 2 aliphatic heterocycles. The molecule has 0 aromatic heterocycles. The van der Waals surface area contributed by atoms with Crippen LogP contribution in [0.25, 0.3) is 0 Å². The Morgan fingerprint density at radius 3 is 2.93 bits per heavy atom. The number of aliphatic hydroxyl groups excluding tert-OH is 1. The third-order valence-electron chi connectivity index (χ3n) is 4.83. The lowest BCUT2D eigenvalue weighted by Gasteiger charge is -2.20. The van der Waals surface area contributed by atoms with E-state index in [9.17, 15) is 5.11 Å². The Morgan fingerprint density at radius 1 is 1.22 bits per heavy atom. The van der Waals surface area contributed by atoms with Crippen LogP contribution in [0.4, 0.5) is 0 Å². The fraction of sp³-hybridized carbons (Fsp3) is 0.364. The van der Waals surface area contributed by atoms with Crippen molar-refractivity contribution >= 4 is 11.8 Å². The maximum atomic E-state index is 9.53. The predicted molar refractivity (Wildman–Crippen MR) is 110 cm³/mol. The number of hydrogen-bond donors (Lipinski definition) is 1. The molecule has 0 aromatic carbocycles. The first-order valence-electron chi connectivity index (χ1n) is 9.33. The smallest absolute Gasteiger partial charge is 0.145 e. The van der Waals surface area contributed by atoms with Crippen molar-refractivity contribution in [1.82, 2.24) is 4.90 Å². The number of rotatable bonds is 6. The Hall–Kier alpha value is -1.95. The molecule has 0 unspecified atom stereocenters. The number of fused-ring (bicyclic) bond motifs is 3. The van der Waals surface area contributed by atoms with Crippen molar-refractivity contribution < 1.29 is 14.6 Å². The van der Waals surface area contributed by atoms with E-state index in [-0.39, 0.29) is 6.61 Å². The molecule has 142 valence electrons. The zero-order valence-corrected chi connectivity index (χ0v) is 16.6. The summed E-state index contributed by atoms with van der Waals surface area (Å²) < 4.78 is 12.0. The fourth-order valence-electron chi connectivity index (χ4n) is 3.50. The molecule has 0 aromatic rings. The maximum Gasteiger partial charge on any atom is 0.145 e. The summed E-state index contributed by atoms with van der Waals surface area (Å²) in [7, 11) is 4.14. The Morgan fingerprint density at radius 2 is 2.11 bits per heavy atom. The normalized spacial score (nSPS) is 20.9. The molecule has 4 nitrogen and oxygen atoms in total. The summed E-state index contributed by atoms with van der Waals surface area (Å²) in [4.78, 5) is 4.36. The van der Waals surface area contributed by atoms with Gasteiger partial charge in [-0.1, -0.05) is 30.0 Å². The van der Waals surface area contributed by atoms with Crippen LogP contribution in [0.3, 0.4) is 0 Å². The van der Waals surface area contributed by atoms with Crippen LogP contribution in [0, 0.1) is 0 Å². The van der Waals surface area contributed by atoms with Crippen LogP contribution in [0.1, 0.15) is 12.8 Å². The number of hydrogen-bond acceptors (Lipinski definition) is 5. The molecule has 0 fully saturated rings. The van der Waals surface area contributed by atoms with Crippen molar-refractivity contribution in [1.29, 1.82) is 0 Å². The molecule has 4 aliphatic rings. The van der Waals surface area contributed by atoms with Gasteiger partial charge in [-0.05, 0) is 50.7 Å². The Kier molecular flexibility index (Phi) is 5.43. The molecular weight excluding hydrogens is 358 g/mol. The average Bonchev–Trinajstić information content (AvgIpc) is 2.93. The number of thioether (sulfide) groups is 1. The van der Waals surface area contributed by atoms with Gasteiger partial charge in [-0.3, -0.25) is 0 Å². The third-order valence-corrected chi connectivity index (χ3v) is 6.04. The van der Waals surface area contributed by atoms with Crippen LogP contribution >= 0.6 is 11.8 Å². The van der Waals surface area contributed by atoms with Crippen LogP contribution in [0.2, 0.25) is 0 Å². The highest BCUT2D eigenvalue weighted by Crippen LogP contribution is 2.47. The van der Waals surface area contributed by atoms with E-state index in [2.05, 4.69) is 49.4 Å². The van der Waals surface area contributed by atoms with Crippen molar-refractivity contribution in [2.45, 2.75) is 12.8 Å². The second-order valence-electron chi connectivity index (χ2n) is 7.18. The van der Waals surface area contributed by atoms with E-state index >= 15 is 0 Å². The van der Waals surface area contributed by atoms with Gasteiger partial charge in [0.15, 0.2) is 0 Å². The lowest BCUT2D eigenvalue weighted by atomic mass is 10.1. The first-order valence-corrected chi connectivity index (χ1v) is 10.1. The summed E-state index contributed by atoms with van der Waals surface area (Å²) in [5.74, 6) is 1.83. The van der Waals surface area contributed by atoms with Gasteiger partial charge in [0.05, 0.1) is 13.2 Å². The predicted octanol–water partition coefficient (Wildman–Crippen LogP) is 3.83. The van der Waals surface area contributed by atoms with E-state index in [1.165, 1.54) is 16.1 Å². The van der Waals surface area contributed by atoms with E-state index in [1.807, 2.05) is 6.08 Å². The number of allylic oxidation sites excluding steroid dienone is 9. The van der Waals surface area contributed by atoms with Gasteiger partial charge in [0.1, 0.15) is 18.1 Å². The van der Waals surface area contributed by atoms with Gasteiger partial charge in [0, 0.05) is 33.1 Å². The molecule has 0 spiro atoms. The highest BCUT2D eigenvalue weighted by Gasteiger charge is 2.30. The standard InChI is InChI=1S/C22H25NO3S/c1-23(2)9-4-10-25-17-11-16-12-20-19(21(16)26-14-17)6-3-5-15-7-8-18(13-24)27-22(15)20/h3,6-8,11-12,24H,4-5,9-10,13-14H2,1-2H3. The fourth-order valence-corrected chi connectivity index (χ4v) is 4.53. The molecule has 0 amide bonds. The SMILES string of the molecule is CN(C)CCCOC1=CC2=CC3=C4SC(CO)=CC=C4CC=CC3=C2OC1. The van der Waals surface area contributed by atoms with Gasteiger partial charge in [-0.15, -0.1) is 0 Å². The Balaban J connectivity index is 1.58. The van der Waals surface area contributed by atoms with Crippen molar-refractivity contribution in [3.05, 3.63) is 80.1 Å². The first kappa shape index (κ1) is 18.4. The number of ether oxygens (including phenoxy) is 2. The van der Waals surface area contributed by atoms with Crippen LogP contribution in [-0.4, -0.2) is 50.5 Å². The average molecular weight is 384 g/mol. The van der Waals surface area contributed by atoms with Crippen molar-refractivity contribution in [2.24, 2.45) is 0 Å². The maximum absolute atomic E-state index is 9.53. The molecule has 0 saturated heterocycles. The van der Waals surface area contributed by atoms with Gasteiger partial charge in [0.25, 0.3) is 0 Å². The summed E-state index contributed by atoms with van der Waals surface area (Å²) >= 11 is 1.66. The van der Waals surface area contributed by atoms with E-state index in [0.717, 1.165) is 47.0 Å². The number of aliphatic hydroxyl groups is 1. The monoisotopic (exact) mass is 383 g/mol. The minimum absolute atomic E-state index is 0.0719. The third kappa shape index (κ3) is 3.86. The second-order valence-corrected chi connectivity index (χ2v) is 8.32. The molecule has 2 heterocycles. The second kappa shape index (κ2) is 7.97. The zero-order valence-electron chi connectivity index (χ0n) is 15.8. The summed E-state index contributed by atoms with van der Waals surface area (Å²) in [6.45, 7) is 2.27. The van der Waals surface area contributed by atoms with Crippen molar-refractivity contribution in [3.8, 4) is 0 Å². The van der Waals surface area contributed by atoms with E-state index in [4.69, 9.17) is 9.47 Å². The van der Waals surface area contributed by atoms with Crippen molar-refractivity contribution in [2.75, 3.05) is 40.5 Å². The van der Waals surface area contributed by atoms with Crippen LogP contribution < -0.4 is 0 Å². The molecule has 27 heavy (non-hydrogen) atoms. The molecule has 0 saturated carbocycles. The van der Waals surface area contributed by atoms with Gasteiger partial charge < -0.3 is 19.5 Å². The van der Waals surface area contributed by atoms with Crippen LogP contribution in [0.15, 0.2) is 80.1 Å². The van der Waals surface area contributed by atoms with Gasteiger partial charge in [-0.25, -0.2) is 0 Å². The largest absolute Gasteiger partial charge is 0.494 e. The summed E-state index contributed by atoms with van der Waals surface area (Å²) in [6.07, 6.45) is 14.7. The van der Waals surface area contributed by atoms with Gasteiger partial charge in [-0.2, -0.15) is 0 Å². The minimum Gasteiger partial charge on any atom is -0.494 e. The molecule has 1 N–H and O–H groups in total. The summed E-state index contributed by atoms with van der Waals surface area (Å²) in [5, 5.41) is 9.53. The summed E-state index contributed by atoms with van der Waals surface area (Å²) in [6, 6.07) is 0. The Labute approximate surface area is 164 Å². The van der Waals surface area contributed by atoms with Crippen LogP contribution in [0.5, 0.6) is 0 Å². The molecule has 4 rings (SSSR count). The zero-order chi connectivity index (χ0) is 18.8. The summed E-state index contributed by atoms with van der Waals surface area (Å²) in [5.41, 5.74) is 4.69. The quantitative estimate of drug-likeness (QED) is 0.706. The molecule has 0 atom stereocenters. The molecule has 5 heteroatoms.